The summed E-state index contributed by atoms with van der Waals surface area (Å²) in [4.78, 5) is 19.3. The maximum Gasteiger partial charge on any atom is 0.229 e. The van der Waals surface area contributed by atoms with E-state index in [0.717, 1.165) is 22.5 Å². The van der Waals surface area contributed by atoms with Gasteiger partial charge in [-0.25, -0.2) is 0 Å². The van der Waals surface area contributed by atoms with E-state index >= 15 is 0 Å². The average Bonchev–Trinajstić information content (AvgIpc) is 3.55. The highest BCUT2D eigenvalue weighted by molar-refractivity contribution is 7.80. The molecule has 40 heavy (non-hydrogen) atoms. The molecule has 0 unspecified atom stereocenters. The van der Waals surface area contributed by atoms with E-state index in [1.54, 1.807) is 13.3 Å². The molecule has 0 radical (unpaired) electrons. The third-order valence-electron chi connectivity index (χ3n) is 6.87. The van der Waals surface area contributed by atoms with E-state index in [1.165, 1.54) is 0 Å². The van der Waals surface area contributed by atoms with Crippen molar-refractivity contribution in [2.45, 2.75) is 39.8 Å². The maximum atomic E-state index is 12.7. The van der Waals surface area contributed by atoms with Gasteiger partial charge in [0.2, 0.25) is 5.91 Å². The van der Waals surface area contributed by atoms with Gasteiger partial charge in [-0.3, -0.25) is 9.78 Å². The van der Waals surface area contributed by atoms with Crippen LogP contribution in [0.2, 0.25) is 5.02 Å². The van der Waals surface area contributed by atoms with Crippen molar-refractivity contribution in [1.82, 2.24) is 10.3 Å². The first kappa shape index (κ1) is 27.7. The lowest BCUT2D eigenvalue weighted by molar-refractivity contribution is -0.123. The first-order chi connectivity index (χ1) is 19.1. The van der Waals surface area contributed by atoms with E-state index in [1.807, 2.05) is 99.3 Å². The molecule has 2 aromatic heterocycles. The highest BCUT2D eigenvalue weighted by Crippen LogP contribution is 2.44. The van der Waals surface area contributed by atoms with Gasteiger partial charge in [0.25, 0.3) is 0 Å². The number of aryl methyl sites for hydroxylation is 1. The van der Waals surface area contributed by atoms with Gasteiger partial charge >= 0.3 is 0 Å². The second-order valence-electron chi connectivity index (χ2n) is 10.7. The van der Waals surface area contributed by atoms with Crippen LogP contribution in [-0.4, -0.2) is 23.1 Å². The van der Waals surface area contributed by atoms with Crippen LogP contribution in [0.3, 0.4) is 0 Å². The molecule has 5 rings (SSSR count). The van der Waals surface area contributed by atoms with Crippen molar-refractivity contribution >= 4 is 46.2 Å². The molecule has 0 aliphatic carbocycles. The van der Waals surface area contributed by atoms with Crippen LogP contribution in [0.15, 0.2) is 77.3 Å². The van der Waals surface area contributed by atoms with Crippen LogP contribution in [0.4, 0.5) is 11.4 Å². The van der Waals surface area contributed by atoms with Crippen molar-refractivity contribution in [3.8, 4) is 17.1 Å². The zero-order valence-electron chi connectivity index (χ0n) is 23.0. The molecule has 1 aliphatic heterocycles. The normalized spacial score (nSPS) is 17.1. The monoisotopic (exact) mass is 574 g/mol. The number of rotatable bonds is 6. The number of carbonyl (C=O) groups is 1. The predicted molar refractivity (Wildman–Crippen MR) is 163 cm³/mol. The number of nitrogens with one attached hydrogen (secondary N) is 2. The summed E-state index contributed by atoms with van der Waals surface area (Å²) in [6, 6.07) is 20.4. The van der Waals surface area contributed by atoms with Crippen molar-refractivity contribution in [3.63, 3.8) is 0 Å². The summed E-state index contributed by atoms with van der Waals surface area (Å²) in [7, 11) is 1.58. The molecule has 0 saturated carbocycles. The molecule has 206 valence electrons. The van der Waals surface area contributed by atoms with Crippen LogP contribution in [0, 0.1) is 12.3 Å². The largest absolute Gasteiger partial charge is 0.494 e. The van der Waals surface area contributed by atoms with Crippen molar-refractivity contribution < 1.29 is 13.9 Å². The van der Waals surface area contributed by atoms with Gasteiger partial charge in [0, 0.05) is 34.0 Å². The summed E-state index contributed by atoms with van der Waals surface area (Å²) in [5.74, 6) is 1.84. The zero-order valence-corrected chi connectivity index (χ0v) is 24.6. The molecule has 1 amide bonds. The summed E-state index contributed by atoms with van der Waals surface area (Å²) < 4.78 is 12.2. The highest BCUT2D eigenvalue weighted by Gasteiger charge is 2.43. The minimum atomic E-state index is -0.552. The smallest absolute Gasteiger partial charge is 0.229 e. The first-order valence-corrected chi connectivity index (χ1v) is 13.7. The lowest BCUT2D eigenvalue weighted by Gasteiger charge is -2.27. The number of hydrogen-bond acceptors (Lipinski definition) is 5. The number of halogens is 1. The molecule has 4 aromatic rings. The summed E-state index contributed by atoms with van der Waals surface area (Å²) in [5.41, 5.74) is 3.62. The number of thiocarbonyl (C=S) groups is 1. The van der Waals surface area contributed by atoms with Gasteiger partial charge in [-0.2, -0.15) is 0 Å². The molecule has 1 fully saturated rings. The summed E-state index contributed by atoms with van der Waals surface area (Å²) in [5, 5.41) is 7.57. The second-order valence-corrected chi connectivity index (χ2v) is 11.6. The second kappa shape index (κ2) is 10.9. The molecule has 7 nitrogen and oxygen atoms in total. The zero-order chi connectivity index (χ0) is 28.6. The van der Waals surface area contributed by atoms with Gasteiger partial charge < -0.3 is 24.7 Å². The fourth-order valence-electron chi connectivity index (χ4n) is 4.68. The topological polar surface area (TPSA) is 79.6 Å². The summed E-state index contributed by atoms with van der Waals surface area (Å²) in [6.07, 6.45) is 1.76. The number of furan rings is 1. The Morgan fingerprint density at radius 1 is 1.12 bits per heavy atom. The summed E-state index contributed by atoms with van der Waals surface area (Å²) >= 11 is 12.2. The van der Waals surface area contributed by atoms with E-state index in [2.05, 4.69) is 15.6 Å². The van der Waals surface area contributed by atoms with Crippen LogP contribution < -0.4 is 20.3 Å². The Balaban J connectivity index is 1.57. The number of benzene rings is 2. The predicted octanol–water partition coefficient (Wildman–Crippen LogP) is 7.47. The van der Waals surface area contributed by atoms with Crippen molar-refractivity contribution in [2.75, 3.05) is 17.3 Å². The van der Waals surface area contributed by atoms with Crippen LogP contribution in [-0.2, 0) is 4.79 Å². The summed E-state index contributed by atoms with van der Waals surface area (Å²) in [6.45, 7) is 7.61. The van der Waals surface area contributed by atoms with E-state index in [4.69, 9.17) is 33.0 Å². The number of anilines is 2. The van der Waals surface area contributed by atoms with Crippen molar-refractivity contribution in [3.05, 3.63) is 95.0 Å². The van der Waals surface area contributed by atoms with Crippen molar-refractivity contribution in [1.29, 1.82) is 0 Å². The molecule has 0 spiro atoms. The Morgan fingerprint density at radius 2 is 1.93 bits per heavy atom. The fraction of sp³-hybridized carbons (Fsp3) is 0.258. The molecule has 2 aromatic carbocycles. The Hall–Kier alpha value is -3.88. The van der Waals surface area contributed by atoms with E-state index in [9.17, 15) is 4.79 Å². The molecule has 2 N–H and O–H groups in total. The highest BCUT2D eigenvalue weighted by atomic mass is 35.5. The molecule has 3 heterocycles. The molecular weight excluding hydrogens is 544 g/mol. The first-order valence-electron chi connectivity index (χ1n) is 12.9. The van der Waals surface area contributed by atoms with Crippen LogP contribution in [0.25, 0.3) is 11.3 Å². The van der Waals surface area contributed by atoms with Crippen LogP contribution in [0.1, 0.15) is 49.9 Å². The minimum Gasteiger partial charge on any atom is -0.494 e. The third-order valence-corrected chi connectivity index (χ3v) is 7.42. The number of hydrogen-bond donors (Lipinski definition) is 2. The van der Waals surface area contributed by atoms with E-state index in [-0.39, 0.29) is 18.0 Å². The lowest BCUT2D eigenvalue weighted by Crippen LogP contribution is -2.30. The van der Waals surface area contributed by atoms with Crippen molar-refractivity contribution in [2.24, 2.45) is 5.41 Å². The Kier molecular flexibility index (Phi) is 7.57. The number of amides is 1. The number of ether oxygens (including phenoxy) is 1. The van der Waals surface area contributed by atoms with Gasteiger partial charge in [-0.15, -0.1) is 0 Å². The minimum absolute atomic E-state index is 0.107. The van der Waals surface area contributed by atoms with Gasteiger partial charge in [-0.05, 0) is 73.2 Å². The number of carbonyl (C=O) groups excluding carboxylic acids is 1. The van der Waals surface area contributed by atoms with E-state index in [0.29, 0.717) is 33.1 Å². The molecule has 1 aliphatic rings. The van der Waals surface area contributed by atoms with Crippen LogP contribution in [0.5, 0.6) is 5.75 Å². The number of methoxy groups -OCH3 is 1. The number of aromatic nitrogens is 1. The molecule has 9 heteroatoms. The van der Waals surface area contributed by atoms with Gasteiger partial charge in [0.05, 0.1) is 24.5 Å². The molecular formula is C31H31ClN4O3S. The number of pyridine rings is 1. The Morgan fingerprint density at radius 3 is 2.62 bits per heavy atom. The quantitative estimate of drug-likeness (QED) is 0.231. The van der Waals surface area contributed by atoms with E-state index < -0.39 is 5.41 Å². The molecule has 2 atom stereocenters. The number of nitrogens with zero attached hydrogens (tertiary/aromatic N) is 2. The molecule has 1 saturated heterocycles. The lowest BCUT2D eigenvalue weighted by atomic mass is 9.95. The average molecular weight is 575 g/mol. The van der Waals surface area contributed by atoms with Crippen LogP contribution >= 0.6 is 23.8 Å². The van der Waals surface area contributed by atoms with Gasteiger partial charge in [-0.1, -0.05) is 44.5 Å². The van der Waals surface area contributed by atoms with Gasteiger partial charge in [0.1, 0.15) is 23.3 Å². The fourth-order valence-corrected chi connectivity index (χ4v) is 5.20. The SMILES string of the molecule is COc1cc(N2C(=S)N[C@@H](c3ccccn3)[C@H]2c2ccc(-c3cc(Cl)ccc3C)o2)ccc1NC(=O)C(C)(C)C. The Labute approximate surface area is 244 Å². The standard InChI is InChI=1S/C31H31ClN4O3S/c1-18-9-10-19(32)16-21(18)24-13-14-25(39-24)28-27(23-8-6-7-15-33-23)35-30(40)36(28)20-11-12-22(26(17-20)38-5)34-29(37)31(2,3)4/h6-17,27-28H,1-5H3,(H,34,37)(H,35,40)/t27-,28+/m0/s1. The molecule has 0 bridgehead atoms. The Bertz CT molecular complexity index is 1560. The maximum absolute atomic E-state index is 12.7. The van der Waals surface area contributed by atoms with Gasteiger partial charge in [0.15, 0.2) is 5.11 Å². The third kappa shape index (κ3) is 5.42.